The summed E-state index contributed by atoms with van der Waals surface area (Å²) in [6.07, 6.45) is 4.27. The topological polar surface area (TPSA) is 29.9 Å². The highest BCUT2D eigenvalue weighted by Gasteiger charge is 2.11. The molecule has 0 aliphatic heterocycles. The third-order valence-electron chi connectivity index (χ3n) is 3.20. The molecule has 2 aromatic rings. The van der Waals surface area contributed by atoms with Gasteiger partial charge in [-0.3, -0.25) is 0 Å². The number of halogens is 1. The molecule has 1 N–H and O–H groups in total. The Labute approximate surface area is 107 Å². The fourth-order valence-corrected chi connectivity index (χ4v) is 1.97. The van der Waals surface area contributed by atoms with E-state index in [0.29, 0.717) is 5.69 Å². The van der Waals surface area contributed by atoms with Crippen LogP contribution in [0.5, 0.6) is 0 Å². The number of hydrogen-bond acceptors (Lipinski definition) is 2. The number of aryl methyl sites for hydroxylation is 1. The fourth-order valence-electron chi connectivity index (χ4n) is 1.97. The molecule has 1 heterocycles. The monoisotopic (exact) mass is 247 g/mol. The van der Waals surface area contributed by atoms with E-state index in [4.69, 9.17) is 0 Å². The van der Waals surface area contributed by atoms with E-state index < -0.39 is 0 Å². The fraction of sp³-hybridized carbons (Fsp3) is 0.357. The first kappa shape index (κ1) is 12.8. The van der Waals surface area contributed by atoms with E-state index in [1.807, 2.05) is 27.0 Å². The van der Waals surface area contributed by atoms with E-state index in [-0.39, 0.29) is 11.9 Å². The second-order valence-corrected chi connectivity index (χ2v) is 4.29. The van der Waals surface area contributed by atoms with Gasteiger partial charge in [0.25, 0.3) is 0 Å². The Kier molecular flexibility index (Phi) is 3.77. The standard InChI is InChI=1S/C14H18FN3/c1-4-14-17-7-8-18(14)13-6-5-11(9-12(13)15)10(2)16-3/h5-10,16H,4H2,1-3H3. The van der Waals surface area contributed by atoms with Crippen molar-refractivity contribution < 1.29 is 4.39 Å². The number of imidazole rings is 1. The number of nitrogens with one attached hydrogen (secondary N) is 1. The lowest BCUT2D eigenvalue weighted by molar-refractivity contribution is 0.599. The lowest BCUT2D eigenvalue weighted by Crippen LogP contribution is -2.13. The zero-order valence-electron chi connectivity index (χ0n) is 10.9. The van der Waals surface area contributed by atoms with Gasteiger partial charge in [-0.25, -0.2) is 9.37 Å². The Hall–Kier alpha value is -1.68. The van der Waals surface area contributed by atoms with E-state index >= 15 is 0 Å². The summed E-state index contributed by atoms with van der Waals surface area (Å²) in [5.41, 5.74) is 1.49. The van der Waals surface area contributed by atoms with Crippen LogP contribution >= 0.6 is 0 Å². The molecule has 4 heteroatoms. The van der Waals surface area contributed by atoms with Crippen molar-refractivity contribution in [2.75, 3.05) is 7.05 Å². The molecule has 0 aliphatic carbocycles. The van der Waals surface area contributed by atoms with Gasteiger partial charge in [0, 0.05) is 24.9 Å². The highest BCUT2D eigenvalue weighted by Crippen LogP contribution is 2.20. The number of benzene rings is 1. The molecule has 1 aromatic heterocycles. The largest absolute Gasteiger partial charge is 0.313 e. The van der Waals surface area contributed by atoms with Crippen LogP contribution in [0.15, 0.2) is 30.6 Å². The van der Waals surface area contributed by atoms with Crippen LogP contribution < -0.4 is 5.32 Å². The van der Waals surface area contributed by atoms with Crippen molar-refractivity contribution >= 4 is 0 Å². The van der Waals surface area contributed by atoms with E-state index in [1.54, 1.807) is 29.1 Å². The maximum Gasteiger partial charge on any atom is 0.147 e. The van der Waals surface area contributed by atoms with Crippen LogP contribution in [0.4, 0.5) is 4.39 Å². The van der Waals surface area contributed by atoms with E-state index in [1.165, 1.54) is 0 Å². The average Bonchev–Trinajstić information content (AvgIpc) is 2.85. The van der Waals surface area contributed by atoms with Gasteiger partial charge in [0.2, 0.25) is 0 Å². The molecule has 18 heavy (non-hydrogen) atoms. The van der Waals surface area contributed by atoms with Crippen LogP contribution in [0, 0.1) is 5.82 Å². The molecule has 0 spiro atoms. The van der Waals surface area contributed by atoms with Crippen LogP contribution in [-0.4, -0.2) is 16.6 Å². The Morgan fingerprint density at radius 2 is 2.22 bits per heavy atom. The van der Waals surface area contributed by atoms with Gasteiger partial charge in [-0.1, -0.05) is 13.0 Å². The first-order chi connectivity index (χ1) is 8.67. The van der Waals surface area contributed by atoms with Crippen molar-refractivity contribution in [3.8, 4) is 5.69 Å². The van der Waals surface area contributed by atoms with Crippen molar-refractivity contribution in [1.29, 1.82) is 0 Å². The number of aromatic nitrogens is 2. The minimum absolute atomic E-state index is 0.141. The quantitative estimate of drug-likeness (QED) is 0.900. The SMILES string of the molecule is CCc1nccn1-c1ccc(C(C)NC)cc1F. The van der Waals surface area contributed by atoms with Crippen LogP contribution in [0.3, 0.4) is 0 Å². The van der Waals surface area contributed by atoms with E-state index in [2.05, 4.69) is 10.3 Å². The molecule has 1 unspecified atom stereocenters. The van der Waals surface area contributed by atoms with E-state index in [0.717, 1.165) is 17.8 Å². The molecule has 96 valence electrons. The van der Waals surface area contributed by atoms with Gasteiger partial charge in [0.1, 0.15) is 11.6 Å². The third kappa shape index (κ3) is 2.29. The van der Waals surface area contributed by atoms with Gasteiger partial charge in [-0.15, -0.1) is 0 Å². The summed E-state index contributed by atoms with van der Waals surface area (Å²) in [4.78, 5) is 4.21. The molecule has 0 fully saturated rings. The zero-order chi connectivity index (χ0) is 13.1. The van der Waals surface area contributed by atoms with Gasteiger partial charge >= 0.3 is 0 Å². The molecule has 0 saturated carbocycles. The minimum Gasteiger partial charge on any atom is -0.313 e. The summed E-state index contributed by atoms with van der Waals surface area (Å²) in [5, 5.41) is 3.10. The summed E-state index contributed by atoms with van der Waals surface area (Å²) in [6.45, 7) is 4.01. The van der Waals surface area contributed by atoms with Crippen molar-refractivity contribution in [3.63, 3.8) is 0 Å². The number of nitrogens with zero attached hydrogens (tertiary/aromatic N) is 2. The van der Waals surface area contributed by atoms with Gasteiger partial charge in [0.05, 0.1) is 5.69 Å². The van der Waals surface area contributed by atoms with E-state index in [9.17, 15) is 4.39 Å². The predicted molar refractivity (Wildman–Crippen MR) is 70.4 cm³/mol. The molecule has 2 rings (SSSR count). The maximum absolute atomic E-state index is 14.1. The molecule has 0 saturated heterocycles. The Morgan fingerprint density at radius 1 is 1.44 bits per heavy atom. The summed E-state index contributed by atoms with van der Waals surface area (Å²) in [7, 11) is 1.86. The summed E-state index contributed by atoms with van der Waals surface area (Å²) in [5.74, 6) is 0.644. The molecule has 1 aromatic carbocycles. The number of hydrogen-bond donors (Lipinski definition) is 1. The summed E-state index contributed by atoms with van der Waals surface area (Å²) < 4.78 is 15.9. The first-order valence-electron chi connectivity index (χ1n) is 6.16. The highest BCUT2D eigenvalue weighted by atomic mass is 19.1. The normalized spacial score (nSPS) is 12.7. The second-order valence-electron chi connectivity index (χ2n) is 4.29. The van der Waals surface area contributed by atoms with Crippen LogP contribution in [0.2, 0.25) is 0 Å². The summed E-state index contributed by atoms with van der Waals surface area (Å²) >= 11 is 0. The zero-order valence-corrected chi connectivity index (χ0v) is 10.9. The van der Waals surface area contributed by atoms with Crippen molar-refractivity contribution in [1.82, 2.24) is 14.9 Å². The maximum atomic E-state index is 14.1. The smallest absolute Gasteiger partial charge is 0.147 e. The van der Waals surface area contributed by atoms with Crippen molar-refractivity contribution in [2.24, 2.45) is 0 Å². The molecule has 3 nitrogen and oxygen atoms in total. The van der Waals surface area contributed by atoms with Crippen molar-refractivity contribution in [3.05, 3.63) is 47.8 Å². The first-order valence-corrected chi connectivity index (χ1v) is 6.16. The van der Waals surface area contributed by atoms with Crippen LogP contribution in [0.25, 0.3) is 5.69 Å². The van der Waals surface area contributed by atoms with Crippen LogP contribution in [0.1, 0.15) is 31.3 Å². The van der Waals surface area contributed by atoms with Gasteiger partial charge in [-0.05, 0) is 31.7 Å². The number of rotatable bonds is 4. The second kappa shape index (κ2) is 5.31. The predicted octanol–water partition coefficient (Wildman–Crippen LogP) is 2.85. The molecule has 0 bridgehead atoms. The van der Waals surface area contributed by atoms with Gasteiger partial charge in [-0.2, -0.15) is 0 Å². The third-order valence-corrected chi connectivity index (χ3v) is 3.20. The van der Waals surface area contributed by atoms with Crippen molar-refractivity contribution in [2.45, 2.75) is 26.3 Å². The Balaban J connectivity index is 2.42. The van der Waals surface area contributed by atoms with Gasteiger partial charge in [0.15, 0.2) is 0 Å². The lowest BCUT2D eigenvalue weighted by atomic mass is 10.1. The average molecular weight is 247 g/mol. The summed E-state index contributed by atoms with van der Waals surface area (Å²) in [6, 6.07) is 5.47. The van der Waals surface area contributed by atoms with Crippen LogP contribution in [-0.2, 0) is 6.42 Å². The molecule has 0 aliphatic rings. The molecule has 0 radical (unpaired) electrons. The molecular weight excluding hydrogens is 229 g/mol. The molecule has 0 amide bonds. The Bertz CT molecular complexity index is 534. The Morgan fingerprint density at radius 3 is 2.83 bits per heavy atom. The highest BCUT2D eigenvalue weighted by molar-refractivity contribution is 5.38. The molecular formula is C14H18FN3. The lowest BCUT2D eigenvalue weighted by Gasteiger charge is -2.13. The van der Waals surface area contributed by atoms with Gasteiger partial charge < -0.3 is 9.88 Å². The minimum atomic E-state index is -0.220. The molecule has 1 atom stereocenters.